The molecule has 28 heavy (non-hydrogen) atoms. The molecule has 0 aliphatic rings. The Hall–Kier alpha value is -3.35. The molecule has 0 spiro atoms. The quantitative estimate of drug-likeness (QED) is 0.535. The summed E-state index contributed by atoms with van der Waals surface area (Å²) in [6, 6.07) is 10.3. The molecule has 1 aromatic carbocycles. The van der Waals surface area contributed by atoms with Gasteiger partial charge in [-0.05, 0) is 43.7 Å². The van der Waals surface area contributed by atoms with Crippen molar-refractivity contribution in [1.82, 2.24) is 20.1 Å². The molecule has 0 bridgehead atoms. The lowest BCUT2D eigenvalue weighted by Gasteiger charge is -2.19. The van der Waals surface area contributed by atoms with Gasteiger partial charge in [-0.2, -0.15) is 4.98 Å². The molecule has 6 nitrogen and oxygen atoms in total. The van der Waals surface area contributed by atoms with Crippen LogP contribution in [0.25, 0.3) is 22.5 Å². The van der Waals surface area contributed by atoms with E-state index in [1.807, 2.05) is 32.9 Å². The summed E-state index contributed by atoms with van der Waals surface area (Å²) in [5.74, 6) is 0.777. The van der Waals surface area contributed by atoms with E-state index in [9.17, 15) is 4.39 Å². The Bertz CT molecular complexity index is 1120. The second kappa shape index (κ2) is 7.34. The Morgan fingerprint density at radius 3 is 2.61 bits per heavy atom. The van der Waals surface area contributed by atoms with Crippen molar-refractivity contribution >= 4 is 16.7 Å². The molecule has 7 heteroatoms. The first-order valence-electron chi connectivity index (χ1n) is 9.16. The minimum atomic E-state index is -0.261. The molecule has 0 aliphatic heterocycles. The van der Waals surface area contributed by atoms with E-state index in [2.05, 4.69) is 25.4 Å². The van der Waals surface area contributed by atoms with E-state index in [-0.39, 0.29) is 11.9 Å². The van der Waals surface area contributed by atoms with Gasteiger partial charge in [-0.1, -0.05) is 24.2 Å². The molecule has 0 saturated heterocycles. The van der Waals surface area contributed by atoms with Crippen molar-refractivity contribution in [3.63, 3.8) is 0 Å². The second-order valence-corrected chi connectivity index (χ2v) is 6.66. The van der Waals surface area contributed by atoms with Crippen LogP contribution in [0.3, 0.4) is 0 Å². The van der Waals surface area contributed by atoms with Gasteiger partial charge in [-0.25, -0.2) is 14.4 Å². The van der Waals surface area contributed by atoms with Gasteiger partial charge in [0.15, 0.2) is 11.5 Å². The highest BCUT2D eigenvalue weighted by molar-refractivity contribution is 5.96. The van der Waals surface area contributed by atoms with Gasteiger partial charge in [0, 0.05) is 29.7 Å². The topological polar surface area (TPSA) is 76.7 Å². The summed E-state index contributed by atoms with van der Waals surface area (Å²) in [6.07, 6.45) is 2.38. The van der Waals surface area contributed by atoms with E-state index in [0.717, 1.165) is 22.3 Å². The number of pyridine rings is 2. The Balaban J connectivity index is 1.82. The Morgan fingerprint density at radius 1 is 1.11 bits per heavy atom. The molecule has 0 saturated carbocycles. The molecule has 0 amide bonds. The number of aromatic nitrogens is 4. The van der Waals surface area contributed by atoms with Gasteiger partial charge >= 0.3 is 0 Å². The number of benzene rings is 1. The molecule has 3 aromatic heterocycles. The summed E-state index contributed by atoms with van der Waals surface area (Å²) in [6.45, 7) is 5.90. The minimum absolute atomic E-state index is 0.0835. The first-order valence-corrected chi connectivity index (χ1v) is 9.16. The van der Waals surface area contributed by atoms with Crippen LogP contribution >= 0.6 is 0 Å². The zero-order valence-corrected chi connectivity index (χ0v) is 15.9. The third-order valence-corrected chi connectivity index (χ3v) is 4.61. The van der Waals surface area contributed by atoms with Gasteiger partial charge in [0.05, 0.1) is 11.3 Å². The Morgan fingerprint density at radius 2 is 1.89 bits per heavy atom. The molecule has 1 unspecified atom stereocenters. The normalized spacial score (nSPS) is 12.3. The number of rotatable bonds is 5. The van der Waals surface area contributed by atoms with Gasteiger partial charge in [0.25, 0.3) is 5.89 Å². The molecule has 1 atom stereocenters. The van der Waals surface area contributed by atoms with Crippen molar-refractivity contribution in [3.05, 3.63) is 65.5 Å². The maximum absolute atomic E-state index is 13.3. The summed E-state index contributed by atoms with van der Waals surface area (Å²) in [5.41, 5.74) is 3.99. The average molecular weight is 377 g/mol. The molecule has 4 rings (SSSR count). The lowest BCUT2D eigenvalue weighted by molar-refractivity contribution is 0.423. The first kappa shape index (κ1) is 18.0. The van der Waals surface area contributed by atoms with Crippen molar-refractivity contribution in [2.45, 2.75) is 33.2 Å². The van der Waals surface area contributed by atoms with Gasteiger partial charge < -0.3 is 9.84 Å². The molecular formula is C21H20FN5O. The summed E-state index contributed by atoms with van der Waals surface area (Å²) >= 11 is 0. The van der Waals surface area contributed by atoms with E-state index in [1.165, 1.54) is 12.1 Å². The van der Waals surface area contributed by atoms with E-state index in [4.69, 9.17) is 4.52 Å². The number of hydrogen-bond acceptors (Lipinski definition) is 6. The fraction of sp³-hybridized carbons (Fsp3) is 0.238. The van der Waals surface area contributed by atoms with Crippen molar-refractivity contribution in [2.75, 3.05) is 5.32 Å². The van der Waals surface area contributed by atoms with Crippen LogP contribution in [0.4, 0.5) is 10.1 Å². The van der Waals surface area contributed by atoms with E-state index in [1.54, 1.807) is 18.3 Å². The molecule has 4 aromatic rings. The monoisotopic (exact) mass is 377 g/mol. The first-order chi connectivity index (χ1) is 13.5. The van der Waals surface area contributed by atoms with Crippen molar-refractivity contribution in [2.24, 2.45) is 0 Å². The second-order valence-electron chi connectivity index (χ2n) is 6.66. The molecule has 0 radical (unpaired) electrons. The van der Waals surface area contributed by atoms with Gasteiger partial charge in [-0.3, -0.25) is 0 Å². The van der Waals surface area contributed by atoms with Crippen LogP contribution in [0.15, 0.2) is 47.1 Å². The minimum Gasteiger partial charge on any atom is -0.377 e. The fourth-order valence-electron chi connectivity index (χ4n) is 3.05. The SMILES string of the molecule is CCc1noc(-c2cnc3nc(C)ccc3c2NC(C)c2ccc(F)cc2)n1. The lowest BCUT2D eigenvalue weighted by atomic mass is 10.1. The average Bonchev–Trinajstić information content (AvgIpc) is 3.17. The number of hydrogen-bond donors (Lipinski definition) is 1. The highest BCUT2D eigenvalue weighted by Gasteiger charge is 2.19. The van der Waals surface area contributed by atoms with Crippen LogP contribution in [0, 0.1) is 12.7 Å². The highest BCUT2D eigenvalue weighted by Crippen LogP contribution is 2.35. The molecule has 3 heterocycles. The summed E-state index contributed by atoms with van der Waals surface area (Å²) in [7, 11) is 0. The van der Waals surface area contributed by atoms with Crippen LogP contribution in [0.5, 0.6) is 0 Å². The molecular weight excluding hydrogens is 357 g/mol. The van der Waals surface area contributed by atoms with E-state index < -0.39 is 0 Å². The summed E-state index contributed by atoms with van der Waals surface area (Å²) in [4.78, 5) is 13.4. The van der Waals surface area contributed by atoms with Crippen LogP contribution < -0.4 is 5.32 Å². The number of aryl methyl sites for hydroxylation is 2. The van der Waals surface area contributed by atoms with Crippen LogP contribution in [0.2, 0.25) is 0 Å². The molecule has 1 N–H and O–H groups in total. The number of nitrogens with one attached hydrogen (secondary N) is 1. The van der Waals surface area contributed by atoms with Gasteiger partial charge in [0.2, 0.25) is 0 Å². The Labute approximate surface area is 161 Å². The predicted octanol–water partition coefficient (Wildman–Crippen LogP) is 4.86. The molecule has 0 fully saturated rings. The standard InChI is InChI=1S/C21H20FN5O/c1-4-18-26-21(28-27-18)17-11-23-20-16(10-5-12(2)24-20)19(17)25-13(3)14-6-8-15(22)9-7-14/h5-11,13H,4H2,1-3H3,(H,23,24,25). The largest absolute Gasteiger partial charge is 0.377 e. The summed E-state index contributed by atoms with van der Waals surface area (Å²) < 4.78 is 18.7. The zero-order chi connectivity index (χ0) is 19.7. The molecule has 142 valence electrons. The maximum atomic E-state index is 13.3. The predicted molar refractivity (Wildman–Crippen MR) is 105 cm³/mol. The van der Waals surface area contributed by atoms with Gasteiger partial charge in [-0.15, -0.1) is 0 Å². The van der Waals surface area contributed by atoms with E-state index >= 15 is 0 Å². The highest BCUT2D eigenvalue weighted by atomic mass is 19.1. The Kier molecular flexibility index (Phi) is 4.73. The van der Waals surface area contributed by atoms with E-state index in [0.29, 0.717) is 29.3 Å². The van der Waals surface area contributed by atoms with Crippen LogP contribution in [-0.2, 0) is 6.42 Å². The number of fused-ring (bicyclic) bond motifs is 1. The third kappa shape index (κ3) is 3.43. The number of nitrogens with zero attached hydrogens (tertiary/aromatic N) is 4. The van der Waals surface area contributed by atoms with Crippen LogP contribution in [-0.4, -0.2) is 20.1 Å². The lowest BCUT2D eigenvalue weighted by Crippen LogP contribution is -2.09. The fourth-order valence-corrected chi connectivity index (χ4v) is 3.05. The smallest absolute Gasteiger partial charge is 0.261 e. The van der Waals surface area contributed by atoms with Crippen molar-refractivity contribution in [3.8, 4) is 11.5 Å². The van der Waals surface area contributed by atoms with Crippen LogP contribution in [0.1, 0.15) is 37.0 Å². The third-order valence-electron chi connectivity index (χ3n) is 4.61. The maximum Gasteiger partial charge on any atom is 0.261 e. The van der Waals surface area contributed by atoms with Gasteiger partial charge in [0.1, 0.15) is 5.82 Å². The number of anilines is 1. The van der Waals surface area contributed by atoms with Crippen molar-refractivity contribution in [1.29, 1.82) is 0 Å². The zero-order valence-electron chi connectivity index (χ0n) is 15.9. The van der Waals surface area contributed by atoms with Crippen molar-refractivity contribution < 1.29 is 8.91 Å². The number of halogens is 1. The molecule has 0 aliphatic carbocycles. The summed E-state index contributed by atoms with van der Waals surface area (Å²) in [5, 5.41) is 8.35.